The highest BCUT2D eigenvalue weighted by Crippen LogP contribution is 2.57. The van der Waals surface area contributed by atoms with Crippen LogP contribution in [0.25, 0.3) is 11.3 Å². The Morgan fingerprint density at radius 1 is 1.12 bits per heavy atom. The minimum absolute atomic E-state index is 0.102. The van der Waals surface area contributed by atoms with E-state index in [9.17, 15) is 0 Å². The van der Waals surface area contributed by atoms with Crippen molar-refractivity contribution in [2.45, 2.75) is 24.5 Å². The number of hydrogen-bond donors (Lipinski definition) is 1. The summed E-state index contributed by atoms with van der Waals surface area (Å²) in [6, 6.07) is 17.7. The van der Waals surface area contributed by atoms with Crippen molar-refractivity contribution in [1.29, 1.82) is 0 Å². The number of amidine groups is 1. The number of pyridine rings is 1. The number of anilines is 1. The lowest BCUT2D eigenvalue weighted by molar-refractivity contribution is -0.141. The second-order valence-electron chi connectivity index (χ2n) is 8.02. The highest BCUT2D eigenvalue weighted by Gasteiger charge is 2.65. The molecule has 1 aromatic heterocycles. The maximum atomic E-state index is 6.43. The van der Waals surface area contributed by atoms with E-state index in [4.69, 9.17) is 14.7 Å². The van der Waals surface area contributed by atoms with Gasteiger partial charge in [-0.1, -0.05) is 36.4 Å². The zero-order valence-electron chi connectivity index (χ0n) is 14.6. The SMILES string of the molecule is c1ccc(-c2cccc(NC3=NCC4(CN5CCC6C5CC64)O3)n2)cc1. The molecule has 5 atom stereocenters. The molecule has 7 rings (SSSR count). The van der Waals surface area contributed by atoms with Gasteiger partial charge in [0.05, 0.1) is 12.2 Å². The molecular formula is C21H22N4O. The van der Waals surface area contributed by atoms with Gasteiger partial charge in [0.15, 0.2) is 0 Å². The van der Waals surface area contributed by atoms with Gasteiger partial charge in [-0.15, -0.1) is 0 Å². The second kappa shape index (κ2) is 5.30. The van der Waals surface area contributed by atoms with Gasteiger partial charge < -0.3 is 4.74 Å². The Morgan fingerprint density at radius 3 is 2.92 bits per heavy atom. The number of hydrogen-bond acceptors (Lipinski definition) is 5. The van der Waals surface area contributed by atoms with E-state index >= 15 is 0 Å². The number of aromatic nitrogens is 1. The van der Waals surface area contributed by atoms with Crippen molar-refractivity contribution in [3.05, 3.63) is 48.5 Å². The average molecular weight is 346 g/mol. The zero-order chi connectivity index (χ0) is 17.1. The molecule has 4 aliphatic heterocycles. The molecule has 5 unspecified atom stereocenters. The number of benzene rings is 1. The van der Waals surface area contributed by atoms with Crippen LogP contribution in [-0.2, 0) is 4.74 Å². The standard InChI is InChI=1S/C21H22N4O/c1-2-5-14(6-3-1)17-7-4-8-19(23-17)24-20-22-12-21(26-20)13-25-10-9-15-16(21)11-18(15)25/h1-8,15-16,18H,9-13H2,(H,22,23,24). The fourth-order valence-corrected chi connectivity index (χ4v) is 5.43. The first-order chi connectivity index (χ1) is 12.8. The fraction of sp³-hybridized carbons (Fsp3) is 0.429. The maximum Gasteiger partial charge on any atom is 0.291 e. The lowest BCUT2D eigenvalue weighted by atomic mass is 9.59. The van der Waals surface area contributed by atoms with Gasteiger partial charge >= 0.3 is 0 Å². The Balaban J connectivity index is 1.20. The van der Waals surface area contributed by atoms with Crippen LogP contribution in [0.1, 0.15) is 12.8 Å². The monoisotopic (exact) mass is 346 g/mol. The van der Waals surface area contributed by atoms with Gasteiger partial charge in [-0.2, -0.15) is 0 Å². The van der Waals surface area contributed by atoms with Crippen LogP contribution in [0.3, 0.4) is 0 Å². The summed E-state index contributed by atoms with van der Waals surface area (Å²) in [5.41, 5.74) is 1.96. The van der Waals surface area contributed by atoms with Crippen LogP contribution in [0.4, 0.5) is 5.82 Å². The number of nitrogens with zero attached hydrogens (tertiary/aromatic N) is 3. The average Bonchev–Trinajstić information content (AvgIpc) is 3.13. The summed E-state index contributed by atoms with van der Waals surface area (Å²) in [5, 5.41) is 3.31. The van der Waals surface area contributed by atoms with Gasteiger partial charge in [0.25, 0.3) is 6.02 Å². The van der Waals surface area contributed by atoms with Gasteiger partial charge in [0, 0.05) is 24.1 Å². The summed E-state index contributed by atoms with van der Waals surface area (Å²) in [6.07, 6.45) is 2.62. The van der Waals surface area contributed by atoms with Crippen molar-refractivity contribution in [3.8, 4) is 11.3 Å². The third-order valence-corrected chi connectivity index (χ3v) is 6.72. The zero-order valence-corrected chi connectivity index (χ0v) is 14.6. The van der Waals surface area contributed by atoms with Crippen LogP contribution in [0.2, 0.25) is 0 Å². The molecule has 3 saturated heterocycles. The Labute approximate surface area is 153 Å². The number of ether oxygens (including phenoxy) is 1. The predicted molar refractivity (Wildman–Crippen MR) is 101 cm³/mol. The molecule has 1 aromatic carbocycles. The molecule has 4 fully saturated rings. The van der Waals surface area contributed by atoms with Crippen molar-refractivity contribution in [2.24, 2.45) is 16.8 Å². The van der Waals surface area contributed by atoms with Crippen LogP contribution in [0.5, 0.6) is 0 Å². The van der Waals surface area contributed by atoms with Crippen LogP contribution >= 0.6 is 0 Å². The molecule has 5 nitrogen and oxygen atoms in total. The van der Waals surface area contributed by atoms with Gasteiger partial charge in [-0.3, -0.25) is 10.2 Å². The third-order valence-electron chi connectivity index (χ3n) is 6.72. The molecule has 5 heteroatoms. The van der Waals surface area contributed by atoms with E-state index in [0.29, 0.717) is 11.9 Å². The van der Waals surface area contributed by atoms with E-state index in [1.165, 1.54) is 19.4 Å². The summed E-state index contributed by atoms with van der Waals surface area (Å²) < 4.78 is 6.43. The van der Waals surface area contributed by atoms with Crippen LogP contribution in [-0.4, -0.2) is 47.2 Å². The molecule has 5 heterocycles. The molecular weight excluding hydrogens is 324 g/mol. The molecule has 4 bridgehead atoms. The van der Waals surface area contributed by atoms with E-state index in [1.807, 2.05) is 36.4 Å². The summed E-state index contributed by atoms with van der Waals surface area (Å²) in [7, 11) is 0. The van der Waals surface area contributed by atoms with Crippen molar-refractivity contribution in [1.82, 2.24) is 9.88 Å². The van der Waals surface area contributed by atoms with Gasteiger partial charge in [0.2, 0.25) is 0 Å². The summed E-state index contributed by atoms with van der Waals surface area (Å²) in [6.45, 7) is 3.05. The molecule has 0 radical (unpaired) electrons. The highest BCUT2D eigenvalue weighted by molar-refractivity contribution is 5.89. The molecule has 132 valence electrons. The minimum atomic E-state index is -0.102. The third kappa shape index (κ3) is 2.07. The highest BCUT2D eigenvalue weighted by atomic mass is 16.5. The maximum absolute atomic E-state index is 6.43. The predicted octanol–water partition coefficient (Wildman–Crippen LogP) is 3.01. The molecule has 2 aromatic rings. The first kappa shape index (κ1) is 14.7. The van der Waals surface area contributed by atoms with Crippen LogP contribution in [0, 0.1) is 11.8 Å². The fourth-order valence-electron chi connectivity index (χ4n) is 5.43. The largest absolute Gasteiger partial charge is 0.455 e. The molecule has 1 saturated carbocycles. The normalized spacial score (nSPS) is 36.4. The first-order valence-corrected chi connectivity index (χ1v) is 9.58. The molecule has 1 aliphatic carbocycles. The molecule has 5 aliphatic rings. The number of rotatable bonds is 2. The Morgan fingerprint density at radius 2 is 2.04 bits per heavy atom. The first-order valence-electron chi connectivity index (χ1n) is 9.58. The molecule has 1 N–H and O–H groups in total. The van der Waals surface area contributed by atoms with E-state index in [1.54, 1.807) is 0 Å². The molecule has 0 amide bonds. The quantitative estimate of drug-likeness (QED) is 0.908. The number of piperidine rings is 2. The van der Waals surface area contributed by atoms with Gasteiger partial charge in [0.1, 0.15) is 11.4 Å². The molecule has 26 heavy (non-hydrogen) atoms. The Hall–Kier alpha value is -2.40. The van der Waals surface area contributed by atoms with Gasteiger partial charge in [-0.05, 0) is 37.4 Å². The van der Waals surface area contributed by atoms with E-state index < -0.39 is 0 Å². The molecule has 1 spiro atoms. The van der Waals surface area contributed by atoms with E-state index in [2.05, 4.69) is 22.3 Å². The van der Waals surface area contributed by atoms with Crippen LogP contribution < -0.4 is 5.32 Å². The second-order valence-corrected chi connectivity index (χ2v) is 8.02. The lowest BCUT2D eigenvalue weighted by Gasteiger charge is -2.57. The van der Waals surface area contributed by atoms with Gasteiger partial charge in [-0.25, -0.2) is 9.98 Å². The smallest absolute Gasteiger partial charge is 0.291 e. The summed E-state index contributed by atoms with van der Waals surface area (Å²) in [4.78, 5) is 12.0. The van der Waals surface area contributed by atoms with Crippen LogP contribution in [0.15, 0.2) is 53.5 Å². The Kier molecular flexibility index (Phi) is 3.00. The van der Waals surface area contributed by atoms with E-state index in [-0.39, 0.29) is 5.60 Å². The number of nitrogens with one attached hydrogen (secondary N) is 1. The topological polar surface area (TPSA) is 49.8 Å². The van der Waals surface area contributed by atoms with Crippen molar-refractivity contribution in [3.63, 3.8) is 0 Å². The lowest BCUT2D eigenvalue weighted by Crippen LogP contribution is -2.67. The minimum Gasteiger partial charge on any atom is -0.455 e. The summed E-state index contributed by atoms with van der Waals surface area (Å²) in [5.74, 6) is 2.29. The van der Waals surface area contributed by atoms with Crippen molar-refractivity contribution in [2.75, 3.05) is 25.0 Å². The number of aliphatic imine (C=N–C) groups is 1. The van der Waals surface area contributed by atoms with Crippen molar-refractivity contribution >= 4 is 11.8 Å². The van der Waals surface area contributed by atoms with E-state index in [0.717, 1.165) is 42.1 Å². The van der Waals surface area contributed by atoms with Crippen molar-refractivity contribution < 1.29 is 4.74 Å². The Bertz CT molecular complexity index is 877. The summed E-state index contributed by atoms with van der Waals surface area (Å²) >= 11 is 0.